The number of ether oxygens (including phenoxy) is 1. The molecule has 1 aromatic heterocycles. The molecule has 1 aromatic carbocycles. The first kappa shape index (κ1) is 25.5. The van der Waals surface area contributed by atoms with Crippen molar-refractivity contribution in [1.29, 1.82) is 0 Å². The monoisotopic (exact) mass is 533 g/mol. The number of hydrogen-bond acceptors (Lipinski definition) is 7. The number of anilines is 2. The van der Waals surface area contributed by atoms with Crippen LogP contribution in [0, 0.1) is 0 Å². The van der Waals surface area contributed by atoms with Crippen LogP contribution in [0.2, 0.25) is 0 Å². The first-order chi connectivity index (χ1) is 18.9. The number of urea groups is 1. The number of likely N-dealkylation sites (tertiary alicyclic amines) is 1. The zero-order valence-electron chi connectivity index (χ0n) is 22.3. The number of morpholine rings is 1. The fourth-order valence-corrected chi connectivity index (χ4v) is 5.43. The Labute approximate surface area is 227 Å². The fraction of sp³-hybridized carbons (Fsp3) is 0.536. The third-order valence-electron chi connectivity index (χ3n) is 7.83. The summed E-state index contributed by atoms with van der Waals surface area (Å²) in [7, 11) is 0. The van der Waals surface area contributed by atoms with Gasteiger partial charge in [0.1, 0.15) is 5.82 Å². The second-order valence-electron chi connectivity index (χ2n) is 10.8. The quantitative estimate of drug-likeness (QED) is 0.561. The lowest BCUT2D eigenvalue weighted by Gasteiger charge is -2.35. The van der Waals surface area contributed by atoms with E-state index in [4.69, 9.17) is 14.7 Å². The summed E-state index contributed by atoms with van der Waals surface area (Å²) in [5.41, 5.74) is 3.37. The molecule has 11 heteroatoms. The van der Waals surface area contributed by atoms with E-state index in [0.717, 1.165) is 48.4 Å². The minimum absolute atomic E-state index is 0.0233. The molecule has 4 aliphatic rings. The largest absolute Gasteiger partial charge is 0.377 e. The van der Waals surface area contributed by atoms with Gasteiger partial charge in [0.05, 0.1) is 38.0 Å². The van der Waals surface area contributed by atoms with E-state index in [1.165, 1.54) is 0 Å². The Bertz CT molecular complexity index is 1260. The van der Waals surface area contributed by atoms with E-state index in [0.29, 0.717) is 69.8 Å². The van der Waals surface area contributed by atoms with Gasteiger partial charge in [0.2, 0.25) is 11.8 Å². The molecule has 2 aromatic rings. The number of hydrogen-bond donors (Lipinski definition) is 2. The molecule has 1 aliphatic carbocycles. The number of amides is 4. The summed E-state index contributed by atoms with van der Waals surface area (Å²) in [6, 6.07) is 7.77. The second kappa shape index (κ2) is 10.8. The Morgan fingerprint density at radius 2 is 1.92 bits per heavy atom. The van der Waals surface area contributed by atoms with E-state index < -0.39 is 0 Å². The third-order valence-corrected chi connectivity index (χ3v) is 7.83. The predicted molar refractivity (Wildman–Crippen MR) is 145 cm³/mol. The van der Waals surface area contributed by atoms with E-state index in [2.05, 4.69) is 22.5 Å². The lowest BCUT2D eigenvalue weighted by Crippen LogP contribution is -2.44. The van der Waals surface area contributed by atoms with Crippen LogP contribution in [0.3, 0.4) is 0 Å². The summed E-state index contributed by atoms with van der Waals surface area (Å²) in [5, 5.41) is 5.80. The lowest BCUT2D eigenvalue weighted by molar-refractivity contribution is -0.133. The molecule has 1 saturated carbocycles. The molecule has 2 N–H and O–H groups in total. The van der Waals surface area contributed by atoms with Crippen molar-refractivity contribution < 1.29 is 19.1 Å². The summed E-state index contributed by atoms with van der Waals surface area (Å²) in [5.74, 6) is 1.60. The van der Waals surface area contributed by atoms with Crippen LogP contribution >= 0.6 is 0 Å². The van der Waals surface area contributed by atoms with E-state index >= 15 is 0 Å². The van der Waals surface area contributed by atoms with Gasteiger partial charge in [-0.25, -0.2) is 14.8 Å². The van der Waals surface area contributed by atoms with Gasteiger partial charge >= 0.3 is 6.03 Å². The van der Waals surface area contributed by atoms with Gasteiger partial charge in [-0.2, -0.15) is 0 Å². The first-order valence-corrected chi connectivity index (χ1v) is 13.9. The Morgan fingerprint density at radius 3 is 2.64 bits per heavy atom. The molecule has 1 unspecified atom stereocenters. The molecule has 206 valence electrons. The summed E-state index contributed by atoms with van der Waals surface area (Å²) in [4.78, 5) is 53.0. The first-order valence-electron chi connectivity index (χ1n) is 13.9. The van der Waals surface area contributed by atoms with Gasteiger partial charge < -0.3 is 30.1 Å². The molecular weight excluding hydrogens is 498 g/mol. The molecule has 3 aliphatic heterocycles. The van der Waals surface area contributed by atoms with Crippen molar-refractivity contribution in [3.05, 3.63) is 35.5 Å². The SMILES string of the molecule is CC1COCCN1c1nc(-c2ccc(NC(=O)NC3CC3)cc2)nc2c1CN(C(=O)CCN1CCCC1=O)C2. The number of aromatic nitrogens is 2. The minimum Gasteiger partial charge on any atom is -0.377 e. The topological polar surface area (TPSA) is 120 Å². The molecule has 6 rings (SSSR count). The Hall–Kier alpha value is -3.73. The summed E-state index contributed by atoms with van der Waals surface area (Å²) >= 11 is 0. The molecule has 1 atom stereocenters. The number of rotatable bonds is 7. The average Bonchev–Trinajstić information content (AvgIpc) is 3.47. The molecule has 11 nitrogen and oxygen atoms in total. The van der Waals surface area contributed by atoms with E-state index in [1.807, 2.05) is 29.2 Å². The molecule has 0 spiro atoms. The van der Waals surface area contributed by atoms with Gasteiger partial charge in [-0.05, 0) is 50.5 Å². The van der Waals surface area contributed by atoms with Crippen molar-refractivity contribution in [3.8, 4) is 11.4 Å². The molecule has 3 fully saturated rings. The minimum atomic E-state index is -0.193. The highest BCUT2D eigenvalue weighted by Crippen LogP contribution is 2.34. The van der Waals surface area contributed by atoms with Crippen molar-refractivity contribution >= 4 is 29.4 Å². The third kappa shape index (κ3) is 5.68. The maximum atomic E-state index is 13.1. The van der Waals surface area contributed by atoms with Crippen LogP contribution in [0.4, 0.5) is 16.3 Å². The zero-order valence-corrected chi connectivity index (χ0v) is 22.3. The Kier molecular flexibility index (Phi) is 7.07. The van der Waals surface area contributed by atoms with Crippen molar-refractivity contribution in [3.63, 3.8) is 0 Å². The summed E-state index contributed by atoms with van der Waals surface area (Å²) in [6.07, 6.45) is 3.83. The van der Waals surface area contributed by atoms with Gasteiger partial charge in [-0.15, -0.1) is 0 Å². The predicted octanol–water partition coefficient (Wildman–Crippen LogP) is 2.51. The fourth-order valence-electron chi connectivity index (χ4n) is 5.43. The highest BCUT2D eigenvalue weighted by Gasteiger charge is 2.33. The summed E-state index contributed by atoms with van der Waals surface area (Å²) < 4.78 is 5.67. The van der Waals surface area contributed by atoms with Gasteiger partial charge in [-0.3, -0.25) is 9.59 Å². The highest BCUT2D eigenvalue weighted by atomic mass is 16.5. The van der Waals surface area contributed by atoms with E-state index in [-0.39, 0.29) is 23.9 Å². The van der Waals surface area contributed by atoms with Crippen LogP contribution < -0.4 is 15.5 Å². The molecule has 4 heterocycles. The number of benzene rings is 1. The van der Waals surface area contributed by atoms with Crippen LogP contribution in [-0.2, 0) is 27.4 Å². The number of nitrogens with one attached hydrogen (secondary N) is 2. The standard InChI is InChI=1S/C28H35N7O4/c1-18-17-39-14-13-35(18)27-22-15-34(25(37)10-12-33-11-2-3-24(33)36)16-23(22)31-26(32-27)19-4-6-20(7-5-19)29-28(38)30-21-8-9-21/h4-7,18,21H,2-3,8-17H2,1H3,(H2,29,30,38). The van der Waals surface area contributed by atoms with Crippen molar-refractivity contribution in [2.75, 3.05) is 43.1 Å². The van der Waals surface area contributed by atoms with E-state index in [1.54, 1.807) is 4.90 Å². The normalized spacial score (nSPS) is 20.8. The van der Waals surface area contributed by atoms with Crippen LogP contribution in [0.25, 0.3) is 11.4 Å². The number of carbonyl (C=O) groups excluding carboxylic acids is 3. The number of fused-ring (bicyclic) bond motifs is 1. The smallest absolute Gasteiger partial charge is 0.319 e. The maximum Gasteiger partial charge on any atom is 0.319 e. The molecule has 2 saturated heterocycles. The van der Waals surface area contributed by atoms with Crippen LogP contribution in [0.15, 0.2) is 24.3 Å². The van der Waals surface area contributed by atoms with Crippen molar-refractivity contribution in [2.24, 2.45) is 0 Å². The lowest BCUT2D eigenvalue weighted by atomic mass is 10.1. The van der Waals surface area contributed by atoms with Crippen LogP contribution in [0.1, 0.15) is 50.3 Å². The van der Waals surface area contributed by atoms with Gasteiger partial charge in [0, 0.05) is 55.3 Å². The average molecular weight is 534 g/mol. The maximum absolute atomic E-state index is 13.1. The number of carbonyl (C=O) groups is 3. The molecule has 4 amide bonds. The molecule has 0 radical (unpaired) electrons. The van der Waals surface area contributed by atoms with Gasteiger partial charge in [-0.1, -0.05) is 0 Å². The molecule has 39 heavy (non-hydrogen) atoms. The molecular formula is C28H35N7O4. The zero-order chi connectivity index (χ0) is 26.9. The Morgan fingerprint density at radius 1 is 1.10 bits per heavy atom. The molecule has 0 bridgehead atoms. The van der Waals surface area contributed by atoms with Gasteiger partial charge in [0.25, 0.3) is 0 Å². The van der Waals surface area contributed by atoms with Crippen LogP contribution in [0.5, 0.6) is 0 Å². The second-order valence-corrected chi connectivity index (χ2v) is 10.8. The van der Waals surface area contributed by atoms with Gasteiger partial charge in [0.15, 0.2) is 5.82 Å². The van der Waals surface area contributed by atoms with Crippen molar-refractivity contribution in [1.82, 2.24) is 25.1 Å². The van der Waals surface area contributed by atoms with Crippen LogP contribution in [-0.4, -0.2) is 82.5 Å². The Balaban J connectivity index is 1.22. The summed E-state index contributed by atoms with van der Waals surface area (Å²) in [6.45, 7) is 6.15. The van der Waals surface area contributed by atoms with Crippen molar-refractivity contribution in [2.45, 2.75) is 64.2 Å². The van der Waals surface area contributed by atoms with E-state index in [9.17, 15) is 14.4 Å². The number of nitrogens with zero attached hydrogens (tertiary/aromatic N) is 5. The highest BCUT2D eigenvalue weighted by molar-refractivity contribution is 5.90.